The molecule has 1 N–H and O–H groups in total. The molecule has 17 heavy (non-hydrogen) atoms. The molecular weight excluding hydrogens is 213 g/mol. The van der Waals surface area contributed by atoms with Crippen LogP contribution < -0.4 is 5.32 Å². The Morgan fingerprint density at radius 2 is 2.12 bits per heavy atom. The van der Waals surface area contributed by atoms with Gasteiger partial charge in [-0.15, -0.1) is 0 Å². The van der Waals surface area contributed by atoms with Gasteiger partial charge in [-0.05, 0) is 49.9 Å². The number of nitrogens with one attached hydrogen (secondary N) is 1. The van der Waals surface area contributed by atoms with Gasteiger partial charge in [0.25, 0.3) is 0 Å². The maximum absolute atomic E-state index is 13.4. The average Bonchev–Trinajstić information content (AvgIpc) is 2.59. The SMILES string of the molecule is CCC1(c2ccc(F)c(C)c2)CCCCCN1. The first-order chi connectivity index (χ1) is 8.18. The molecular formula is C15H22FN. The van der Waals surface area contributed by atoms with Gasteiger partial charge in [0.05, 0.1) is 0 Å². The molecule has 2 rings (SSSR count). The predicted octanol–water partition coefficient (Wildman–Crippen LogP) is 3.90. The zero-order valence-corrected chi connectivity index (χ0v) is 10.9. The van der Waals surface area contributed by atoms with Gasteiger partial charge in [0, 0.05) is 5.54 Å². The molecule has 1 nitrogen and oxygen atoms in total. The molecule has 0 bridgehead atoms. The van der Waals surface area contributed by atoms with Crippen molar-refractivity contribution in [2.75, 3.05) is 6.54 Å². The Kier molecular flexibility index (Phi) is 3.82. The van der Waals surface area contributed by atoms with Gasteiger partial charge in [0.15, 0.2) is 0 Å². The van der Waals surface area contributed by atoms with Crippen molar-refractivity contribution in [2.24, 2.45) is 0 Å². The Labute approximate surface area is 103 Å². The maximum Gasteiger partial charge on any atom is 0.126 e. The molecule has 1 saturated heterocycles. The standard InChI is InChI=1S/C15H22FN/c1-3-15(9-5-4-6-10-17-15)13-7-8-14(16)12(2)11-13/h7-8,11,17H,3-6,9-10H2,1-2H3. The van der Waals surface area contributed by atoms with E-state index in [1.54, 1.807) is 6.07 Å². The quantitative estimate of drug-likeness (QED) is 0.819. The third kappa shape index (κ3) is 2.52. The zero-order valence-electron chi connectivity index (χ0n) is 10.9. The van der Waals surface area contributed by atoms with Crippen LogP contribution in [0, 0.1) is 12.7 Å². The molecule has 94 valence electrons. The number of hydrogen-bond acceptors (Lipinski definition) is 1. The Morgan fingerprint density at radius 3 is 2.82 bits per heavy atom. The minimum absolute atomic E-state index is 0.0644. The van der Waals surface area contributed by atoms with E-state index in [1.165, 1.54) is 24.8 Å². The van der Waals surface area contributed by atoms with E-state index in [9.17, 15) is 4.39 Å². The molecule has 1 unspecified atom stereocenters. The van der Waals surface area contributed by atoms with Gasteiger partial charge in [0.2, 0.25) is 0 Å². The lowest BCUT2D eigenvalue weighted by molar-refractivity contribution is 0.312. The fraction of sp³-hybridized carbons (Fsp3) is 0.600. The summed E-state index contributed by atoms with van der Waals surface area (Å²) in [7, 11) is 0. The van der Waals surface area contributed by atoms with Crippen molar-refractivity contribution in [1.29, 1.82) is 0 Å². The number of hydrogen-bond donors (Lipinski definition) is 1. The highest BCUT2D eigenvalue weighted by Gasteiger charge is 2.30. The normalized spacial score (nSPS) is 25.6. The number of rotatable bonds is 2. The topological polar surface area (TPSA) is 12.0 Å². The van der Waals surface area contributed by atoms with Crippen LogP contribution in [0.5, 0.6) is 0 Å². The zero-order chi connectivity index (χ0) is 12.3. The van der Waals surface area contributed by atoms with Gasteiger partial charge in [-0.3, -0.25) is 0 Å². The van der Waals surface area contributed by atoms with Crippen LogP contribution >= 0.6 is 0 Å². The van der Waals surface area contributed by atoms with Crippen molar-refractivity contribution < 1.29 is 4.39 Å². The van der Waals surface area contributed by atoms with Crippen molar-refractivity contribution in [3.05, 3.63) is 35.1 Å². The largest absolute Gasteiger partial charge is 0.307 e. The first kappa shape index (κ1) is 12.6. The van der Waals surface area contributed by atoms with Gasteiger partial charge in [-0.25, -0.2) is 4.39 Å². The molecule has 1 aromatic rings. The van der Waals surface area contributed by atoms with E-state index in [0.717, 1.165) is 24.9 Å². The monoisotopic (exact) mass is 235 g/mol. The van der Waals surface area contributed by atoms with Gasteiger partial charge in [-0.2, -0.15) is 0 Å². The number of aryl methyl sites for hydroxylation is 1. The van der Waals surface area contributed by atoms with Gasteiger partial charge in [-0.1, -0.05) is 31.9 Å². The summed E-state index contributed by atoms with van der Waals surface area (Å²) in [4.78, 5) is 0. The summed E-state index contributed by atoms with van der Waals surface area (Å²) in [5, 5.41) is 3.69. The third-order valence-electron chi connectivity index (χ3n) is 4.06. The first-order valence-electron chi connectivity index (χ1n) is 6.69. The van der Waals surface area contributed by atoms with E-state index in [0.29, 0.717) is 0 Å². The summed E-state index contributed by atoms with van der Waals surface area (Å²) in [5.74, 6) is -0.103. The lowest BCUT2D eigenvalue weighted by Gasteiger charge is -2.34. The molecule has 1 aromatic carbocycles. The smallest absolute Gasteiger partial charge is 0.126 e. The summed E-state index contributed by atoms with van der Waals surface area (Å²) >= 11 is 0. The Bertz CT molecular complexity index is 379. The lowest BCUT2D eigenvalue weighted by atomic mass is 9.82. The second-order valence-corrected chi connectivity index (χ2v) is 5.14. The highest BCUT2D eigenvalue weighted by Crippen LogP contribution is 2.33. The fourth-order valence-corrected chi connectivity index (χ4v) is 2.84. The minimum atomic E-state index is -0.103. The van der Waals surface area contributed by atoms with E-state index in [1.807, 2.05) is 19.1 Å². The van der Waals surface area contributed by atoms with E-state index in [4.69, 9.17) is 0 Å². The van der Waals surface area contributed by atoms with Crippen LogP contribution in [0.2, 0.25) is 0 Å². The number of benzene rings is 1. The molecule has 0 radical (unpaired) electrons. The van der Waals surface area contributed by atoms with Gasteiger partial charge < -0.3 is 5.32 Å². The van der Waals surface area contributed by atoms with E-state index in [2.05, 4.69) is 12.2 Å². The highest BCUT2D eigenvalue weighted by atomic mass is 19.1. The molecule has 1 aliphatic heterocycles. The Balaban J connectivity index is 2.35. The average molecular weight is 235 g/mol. The predicted molar refractivity (Wildman–Crippen MR) is 69.6 cm³/mol. The molecule has 0 saturated carbocycles. The molecule has 1 fully saturated rings. The summed E-state index contributed by atoms with van der Waals surface area (Å²) in [6.45, 7) is 5.14. The van der Waals surface area contributed by atoms with E-state index >= 15 is 0 Å². The van der Waals surface area contributed by atoms with Crippen LogP contribution in [0.25, 0.3) is 0 Å². The molecule has 1 atom stereocenters. The van der Waals surface area contributed by atoms with Crippen LogP contribution in [0.3, 0.4) is 0 Å². The van der Waals surface area contributed by atoms with E-state index in [-0.39, 0.29) is 11.4 Å². The molecule has 0 spiro atoms. The van der Waals surface area contributed by atoms with Crippen LogP contribution in [-0.4, -0.2) is 6.54 Å². The molecule has 2 heteroatoms. The number of halogens is 1. The summed E-state index contributed by atoms with van der Waals surface area (Å²) in [6.07, 6.45) is 6.04. The van der Waals surface area contributed by atoms with Crippen LogP contribution in [0.4, 0.5) is 4.39 Å². The fourth-order valence-electron chi connectivity index (χ4n) is 2.84. The minimum Gasteiger partial charge on any atom is -0.307 e. The van der Waals surface area contributed by atoms with E-state index < -0.39 is 0 Å². The Hall–Kier alpha value is -0.890. The Morgan fingerprint density at radius 1 is 1.29 bits per heavy atom. The van der Waals surface area contributed by atoms with Crippen LogP contribution in [-0.2, 0) is 5.54 Å². The molecule has 0 aromatic heterocycles. The van der Waals surface area contributed by atoms with Gasteiger partial charge >= 0.3 is 0 Å². The highest BCUT2D eigenvalue weighted by molar-refractivity contribution is 5.30. The summed E-state index contributed by atoms with van der Waals surface area (Å²) < 4.78 is 13.4. The summed E-state index contributed by atoms with van der Waals surface area (Å²) in [5.41, 5.74) is 2.07. The lowest BCUT2D eigenvalue weighted by Crippen LogP contribution is -2.41. The van der Waals surface area contributed by atoms with Crippen molar-refractivity contribution in [3.8, 4) is 0 Å². The van der Waals surface area contributed by atoms with Crippen molar-refractivity contribution in [3.63, 3.8) is 0 Å². The molecule has 1 heterocycles. The second kappa shape index (κ2) is 5.18. The molecule has 0 amide bonds. The maximum atomic E-state index is 13.4. The van der Waals surface area contributed by atoms with Crippen molar-refractivity contribution in [1.82, 2.24) is 5.32 Å². The summed E-state index contributed by atoms with van der Waals surface area (Å²) in [6, 6.07) is 5.57. The van der Waals surface area contributed by atoms with Crippen LogP contribution in [0.1, 0.15) is 50.2 Å². The molecule has 1 aliphatic rings. The van der Waals surface area contributed by atoms with Gasteiger partial charge in [0.1, 0.15) is 5.82 Å². The third-order valence-corrected chi connectivity index (χ3v) is 4.06. The van der Waals surface area contributed by atoms with Crippen LogP contribution in [0.15, 0.2) is 18.2 Å². The second-order valence-electron chi connectivity index (χ2n) is 5.14. The van der Waals surface area contributed by atoms with Crippen molar-refractivity contribution >= 4 is 0 Å². The first-order valence-corrected chi connectivity index (χ1v) is 6.69. The molecule has 0 aliphatic carbocycles. The van der Waals surface area contributed by atoms with Crippen molar-refractivity contribution in [2.45, 2.75) is 51.5 Å².